The summed E-state index contributed by atoms with van der Waals surface area (Å²) in [6, 6.07) is 6.15. The normalized spacial score (nSPS) is 13.6. The third-order valence-electron chi connectivity index (χ3n) is 4.42. The minimum Gasteiger partial charge on any atom is -0.452 e. The Bertz CT molecular complexity index is 753. The molecule has 0 N–H and O–H groups in total. The molecule has 1 saturated heterocycles. The van der Waals surface area contributed by atoms with E-state index in [2.05, 4.69) is 0 Å². The standard InChI is InChI=1S/C18H22N4O5/c1-20(9-5-8-19)17(23)13-27-18(24)14-6-7-15(16(12-14)22(25)26)21-10-3-2-4-11-21/h6-7,12H,2-5,9-11,13H2,1H3. The molecule has 1 aliphatic heterocycles. The molecule has 1 fully saturated rings. The Balaban J connectivity index is 2.06. The highest BCUT2D eigenvalue weighted by atomic mass is 16.6. The van der Waals surface area contributed by atoms with E-state index >= 15 is 0 Å². The molecule has 0 spiro atoms. The maximum Gasteiger partial charge on any atom is 0.338 e. The van der Waals surface area contributed by atoms with E-state index in [0.717, 1.165) is 32.4 Å². The Hall–Kier alpha value is -3.15. The fourth-order valence-corrected chi connectivity index (χ4v) is 2.86. The van der Waals surface area contributed by atoms with Crippen LogP contribution in [0.1, 0.15) is 36.0 Å². The number of piperidine rings is 1. The zero-order valence-electron chi connectivity index (χ0n) is 15.2. The number of likely N-dealkylation sites (N-methyl/N-ethyl adjacent to an activating group) is 1. The minimum absolute atomic E-state index is 0.0231. The summed E-state index contributed by atoms with van der Waals surface area (Å²) in [7, 11) is 1.51. The number of nitriles is 1. The monoisotopic (exact) mass is 374 g/mol. The molecule has 0 saturated carbocycles. The summed E-state index contributed by atoms with van der Waals surface area (Å²) in [4.78, 5) is 38.2. The van der Waals surface area contributed by atoms with Crippen molar-refractivity contribution in [2.45, 2.75) is 25.7 Å². The number of hydrogen-bond donors (Lipinski definition) is 0. The second kappa shape index (κ2) is 9.52. The molecule has 0 atom stereocenters. The Morgan fingerprint density at radius 2 is 2.04 bits per heavy atom. The fourth-order valence-electron chi connectivity index (χ4n) is 2.86. The van der Waals surface area contributed by atoms with Crippen LogP contribution < -0.4 is 4.90 Å². The topological polar surface area (TPSA) is 117 Å². The van der Waals surface area contributed by atoms with Crippen LogP contribution in [-0.4, -0.2) is 55.0 Å². The van der Waals surface area contributed by atoms with Crippen LogP contribution in [0.5, 0.6) is 0 Å². The van der Waals surface area contributed by atoms with Crippen molar-refractivity contribution in [2.75, 3.05) is 38.2 Å². The van der Waals surface area contributed by atoms with Crippen molar-refractivity contribution in [3.63, 3.8) is 0 Å². The molecule has 144 valence electrons. The highest BCUT2D eigenvalue weighted by molar-refractivity contribution is 5.93. The molecule has 27 heavy (non-hydrogen) atoms. The van der Waals surface area contributed by atoms with E-state index in [1.807, 2.05) is 11.0 Å². The number of nitro benzene ring substituents is 1. The van der Waals surface area contributed by atoms with Gasteiger partial charge < -0.3 is 14.5 Å². The number of nitro groups is 1. The Kier molecular flexibility index (Phi) is 7.11. The van der Waals surface area contributed by atoms with Gasteiger partial charge in [0.1, 0.15) is 5.69 Å². The SMILES string of the molecule is CN(CCC#N)C(=O)COC(=O)c1ccc(N2CCCCC2)c([N+](=O)[O-])c1. The van der Waals surface area contributed by atoms with E-state index in [1.165, 1.54) is 24.1 Å². The molecule has 9 heteroatoms. The lowest BCUT2D eigenvalue weighted by atomic mass is 10.1. The molecule has 1 aromatic carbocycles. The number of benzene rings is 1. The summed E-state index contributed by atoms with van der Waals surface area (Å²) < 4.78 is 4.96. The molecular formula is C18H22N4O5. The average molecular weight is 374 g/mol. The molecule has 1 aromatic rings. The maximum atomic E-state index is 12.2. The molecule has 1 aliphatic rings. The zero-order chi connectivity index (χ0) is 19.8. The van der Waals surface area contributed by atoms with Crippen LogP contribution in [0.2, 0.25) is 0 Å². The van der Waals surface area contributed by atoms with Crippen molar-refractivity contribution in [1.82, 2.24) is 4.90 Å². The predicted molar refractivity (Wildman–Crippen MR) is 97.3 cm³/mol. The molecule has 9 nitrogen and oxygen atoms in total. The first-order chi connectivity index (χ1) is 12.9. The zero-order valence-corrected chi connectivity index (χ0v) is 15.2. The minimum atomic E-state index is -0.801. The highest BCUT2D eigenvalue weighted by Crippen LogP contribution is 2.31. The lowest BCUT2D eigenvalue weighted by Gasteiger charge is -2.28. The largest absolute Gasteiger partial charge is 0.452 e. The van der Waals surface area contributed by atoms with Gasteiger partial charge >= 0.3 is 5.97 Å². The molecule has 0 aromatic heterocycles. The van der Waals surface area contributed by atoms with Crippen molar-refractivity contribution < 1.29 is 19.2 Å². The van der Waals surface area contributed by atoms with E-state index in [9.17, 15) is 19.7 Å². The third kappa shape index (κ3) is 5.41. The third-order valence-corrected chi connectivity index (χ3v) is 4.42. The average Bonchev–Trinajstić information content (AvgIpc) is 2.69. The second-order valence-corrected chi connectivity index (χ2v) is 6.31. The van der Waals surface area contributed by atoms with Gasteiger partial charge in [0.05, 0.1) is 23.0 Å². The number of nitrogens with zero attached hydrogens (tertiary/aromatic N) is 4. The number of esters is 1. The number of amides is 1. The van der Waals surface area contributed by atoms with Crippen LogP contribution in [0.4, 0.5) is 11.4 Å². The number of carbonyl (C=O) groups excluding carboxylic acids is 2. The Morgan fingerprint density at radius 1 is 1.33 bits per heavy atom. The van der Waals surface area contributed by atoms with Gasteiger partial charge in [-0.1, -0.05) is 0 Å². The summed E-state index contributed by atoms with van der Waals surface area (Å²) >= 11 is 0. The van der Waals surface area contributed by atoms with Gasteiger partial charge in [-0.25, -0.2) is 4.79 Å². The molecule has 0 bridgehead atoms. The van der Waals surface area contributed by atoms with Gasteiger partial charge in [-0.15, -0.1) is 0 Å². The number of hydrogen-bond acceptors (Lipinski definition) is 7. The number of ether oxygens (including phenoxy) is 1. The summed E-state index contributed by atoms with van der Waals surface area (Å²) in [6.07, 6.45) is 3.23. The highest BCUT2D eigenvalue weighted by Gasteiger charge is 2.24. The summed E-state index contributed by atoms with van der Waals surface area (Å²) in [5.41, 5.74) is 0.363. The van der Waals surface area contributed by atoms with E-state index in [1.54, 1.807) is 6.07 Å². The fraction of sp³-hybridized carbons (Fsp3) is 0.500. The van der Waals surface area contributed by atoms with Gasteiger partial charge in [0.15, 0.2) is 6.61 Å². The van der Waals surface area contributed by atoms with Crippen molar-refractivity contribution in [1.29, 1.82) is 5.26 Å². The van der Waals surface area contributed by atoms with Crippen LogP contribution in [-0.2, 0) is 9.53 Å². The Morgan fingerprint density at radius 3 is 2.67 bits per heavy atom. The number of carbonyl (C=O) groups is 2. The van der Waals surface area contributed by atoms with Crippen molar-refractivity contribution >= 4 is 23.3 Å². The lowest BCUT2D eigenvalue weighted by molar-refractivity contribution is -0.384. The summed E-state index contributed by atoms with van der Waals surface area (Å²) in [6.45, 7) is 1.24. The molecule has 1 amide bonds. The number of rotatable bonds is 7. The number of anilines is 1. The second-order valence-electron chi connectivity index (χ2n) is 6.31. The van der Waals surface area contributed by atoms with Crippen LogP contribution in [0, 0.1) is 21.4 Å². The molecule has 2 rings (SSSR count). The molecule has 0 aliphatic carbocycles. The van der Waals surface area contributed by atoms with Crippen LogP contribution in [0.15, 0.2) is 18.2 Å². The van der Waals surface area contributed by atoms with Crippen LogP contribution in [0.3, 0.4) is 0 Å². The molecular weight excluding hydrogens is 352 g/mol. The Labute approximate surface area is 157 Å². The lowest BCUT2D eigenvalue weighted by Crippen LogP contribution is -2.32. The van der Waals surface area contributed by atoms with Crippen molar-refractivity contribution in [2.24, 2.45) is 0 Å². The van der Waals surface area contributed by atoms with Gasteiger partial charge in [-0.05, 0) is 31.4 Å². The van der Waals surface area contributed by atoms with Crippen molar-refractivity contribution in [3.8, 4) is 6.07 Å². The quantitative estimate of drug-likeness (QED) is 0.407. The predicted octanol–water partition coefficient (Wildman–Crippen LogP) is 2.11. The van der Waals surface area contributed by atoms with Gasteiger partial charge in [-0.3, -0.25) is 14.9 Å². The van der Waals surface area contributed by atoms with Crippen molar-refractivity contribution in [3.05, 3.63) is 33.9 Å². The van der Waals surface area contributed by atoms with Crippen LogP contribution >= 0.6 is 0 Å². The van der Waals surface area contributed by atoms with Crippen LogP contribution in [0.25, 0.3) is 0 Å². The van der Waals surface area contributed by atoms with E-state index in [-0.39, 0.29) is 24.2 Å². The smallest absolute Gasteiger partial charge is 0.338 e. The summed E-state index contributed by atoms with van der Waals surface area (Å²) in [5.74, 6) is -1.25. The van der Waals surface area contributed by atoms with Gasteiger partial charge in [0.25, 0.3) is 11.6 Å². The van der Waals surface area contributed by atoms with E-state index in [0.29, 0.717) is 5.69 Å². The molecule has 0 radical (unpaired) electrons. The maximum absolute atomic E-state index is 12.2. The first-order valence-electron chi connectivity index (χ1n) is 8.75. The van der Waals surface area contributed by atoms with E-state index in [4.69, 9.17) is 10.00 Å². The van der Waals surface area contributed by atoms with Gasteiger partial charge in [0.2, 0.25) is 0 Å². The van der Waals surface area contributed by atoms with Gasteiger partial charge in [0, 0.05) is 32.7 Å². The first-order valence-corrected chi connectivity index (χ1v) is 8.75. The van der Waals surface area contributed by atoms with Gasteiger partial charge in [-0.2, -0.15) is 5.26 Å². The van der Waals surface area contributed by atoms with E-state index < -0.39 is 23.4 Å². The summed E-state index contributed by atoms with van der Waals surface area (Å²) in [5, 5.41) is 20.0. The molecule has 1 heterocycles. The first kappa shape index (κ1) is 20.2. The molecule has 0 unspecified atom stereocenters.